The molecule has 24 heavy (non-hydrogen) atoms. The van der Waals surface area contributed by atoms with Crippen LogP contribution in [0, 0.1) is 11.8 Å². The second-order valence-corrected chi connectivity index (χ2v) is 8.28. The van der Waals surface area contributed by atoms with Crippen LogP contribution in [0.1, 0.15) is 25.5 Å². The van der Waals surface area contributed by atoms with E-state index in [2.05, 4.69) is 65.9 Å². The number of allylic oxidation sites excluding steroid dienone is 1. The molecule has 0 aromatic heterocycles. The third-order valence-electron chi connectivity index (χ3n) is 4.07. The molecule has 122 valence electrons. The van der Waals surface area contributed by atoms with Gasteiger partial charge in [-0.1, -0.05) is 82.4 Å². The van der Waals surface area contributed by atoms with E-state index in [1.54, 1.807) is 11.8 Å². The number of hydrogen-bond donors (Lipinski definition) is 1. The SMILES string of the molecule is CC1=C(C(O)c2ccc(-c3ccccc3)cc2)C(Br)C#CC(C)S1. The van der Waals surface area contributed by atoms with Crippen LogP contribution in [-0.4, -0.2) is 15.2 Å². The molecular formula is C21H19BrOS. The Hall–Kier alpha value is -1.47. The highest BCUT2D eigenvalue weighted by molar-refractivity contribution is 9.09. The first kappa shape index (κ1) is 17.4. The van der Waals surface area contributed by atoms with Crippen molar-refractivity contribution in [2.75, 3.05) is 0 Å². The van der Waals surface area contributed by atoms with E-state index in [1.165, 1.54) is 5.56 Å². The predicted octanol–water partition coefficient (Wildman–Crippen LogP) is 5.56. The van der Waals surface area contributed by atoms with Crippen LogP contribution in [0.4, 0.5) is 0 Å². The van der Waals surface area contributed by atoms with Gasteiger partial charge in [-0.25, -0.2) is 0 Å². The Balaban J connectivity index is 1.89. The number of aliphatic hydroxyl groups is 1. The van der Waals surface area contributed by atoms with Crippen LogP contribution in [0.15, 0.2) is 65.1 Å². The van der Waals surface area contributed by atoms with Gasteiger partial charge >= 0.3 is 0 Å². The summed E-state index contributed by atoms with van der Waals surface area (Å²) in [6, 6.07) is 18.4. The van der Waals surface area contributed by atoms with Gasteiger partial charge in [-0.15, -0.1) is 11.8 Å². The molecule has 0 amide bonds. The number of hydrogen-bond acceptors (Lipinski definition) is 2. The Morgan fingerprint density at radius 1 is 1.00 bits per heavy atom. The van der Waals surface area contributed by atoms with Gasteiger partial charge < -0.3 is 5.11 Å². The molecule has 3 heteroatoms. The highest BCUT2D eigenvalue weighted by Gasteiger charge is 2.24. The second-order valence-electron chi connectivity index (χ2n) is 5.81. The molecule has 0 saturated carbocycles. The van der Waals surface area contributed by atoms with E-state index < -0.39 is 6.10 Å². The van der Waals surface area contributed by atoms with E-state index in [9.17, 15) is 5.11 Å². The van der Waals surface area contributed by atoms with Crippen molar-refractivity contribution in [2.45, 2.75) is 30.0 Å². The molecule has 1 heterocycles. The van der Waals surface area contributed by atoms with Gasteiger partial charge in [-0.05, 0) is 41.0 Å². The topological polar surface area (TPSA) is 20.2 Å². The maximum absolute atomic E-state index is 10.9. The van der Waals surface area contributed by atoms with Crippen molar-refractivity contribution in [1.29, 1.82) is 0 Å². The molecule has 0 radical (unpaired) electrons. The lowest BCUT2D eigenvalue weighted by atomic mass is 9.96. The van der Waals surface area contributed by atoms with E-state index in [0.717, 1.165) is 21.6 Å². The average molecular weight is 399 g/mol. The summed E-state index contributed by atoms with van der Waals surface area (Å²) in [5, 5.41) is 11.1. The standard InChI is InChI=1S/C21H19BrOS/c1-14-8-13-19(22)20(15(2)24-14)21(23)18-11-9-17(10-12-18)16-6-4-3-5-7-16/h3-7,9-12,14,19,21,23H,1-2H3. The Bertz CT molecular complexity index is 799. The third-order valence-corrected chi connectivity index (χ3v) is 5.86. The molecule has 1 aliphatic rings. The third kappa shape index (κ3) is 3.78. The summed E-state index contributed by atoms with van der Waals surface area (Å²) in [5.74, 6) is 6.40. The summed E-state index contributed by atoms with van der Waals surface area (Å²) in [6.07, 6.45) is -0.647. The minimum atomic E-state index is -0.647. The molecule has 2 aromatic rings. The summed E-state index contributed by atoms with van der Waals surface area (Å²) in [5.41, 5.74) is 4.17. The van der Waals surface area contributed by atoms with E-state index in [-0.39, 0.29) is 10.1 Å². The van der Waals surface area contributed by atoms with Crippen molar-refractivity contribution >= 4 is 27.7 Å². The molecule has 3 atom stereocenters. The lowest BCUT2D eigenvalue weighted by Crippen LogP contribution is -2.11. The molecule has 3 unspecified atom stereocenters. The largest absolute Gasteiger partial charge is 0.384 e. The van der Waals surface area contributed by atoms with Crippen LogP contribution in [0.25, 0.3) is 11.1 Å². The number of alkyl halides is 1. The summed E-state index contributed by atoms with van der Waals surface area (Å²) in [7, 11) is 0. The maximum Gasteiger partial charge on any atom is 0.103 e. The van der Waals surface area contributed by atoms with Crippen molar-refractivity contribution in [3.8, 4) is 23.0 Å². The highest BCUT2D eigenvalue weighted by Crippen LogP contribution is 2.37. The Morgan fingerprint density at radius 3 is 2.29 bits per heavy atom. The Morgan fingerprint density at radius 2 is 1.62 bits per heavy atom. The zero-order valence-electron chi connectivity index (χ0n) is 13.7. The van der Waals surface area contributed by atoms with Gasteiger partial charge in [0.1, 0.15) is 10.9 Å². The highest BCUT2D eigenvalue weighted by atomic mass is 79.9. The second kappa shape index (κ2) is 7.61. The first-order chi connectivity index (χ1) is 11.6. The van der Waals surface area contributed by atoms with Gasteiger partial charge in [-0.3, -0.25) is 0 Å². The minimum Gasteiger partial charge on any atom is -0.384 e. The van der Waals surface area contributed by atoms with Crippen molar-refractivity contribution < 1.29 is 5.11 Å². The number of rotatable bonds is 3. The molecule has 0 fully saturated rings. The molecule has 1 N–H and O–H groups in total. The molecule has 0 saturated heterocycles. The smallest absolute Gasteiger partial charge is 0.103 e. The monoisotopic (exact) mass is 398 g/mol. The summed E-state index contributed by atoms with van der Waals surface area (Å²) in [6.45, 7) is 4.14. The number of halogens is 1. The van der Waals surface area contributed by atoms with Gasteiger partial charge in [0.2, 0.25) is 0 Å². The molecule has 1 nitrogen and oxygen atoms in total. The van der Waals surface area contributed by atoms with Crippen LogP contribution < -0.4 is 0 Å². The maximum atomic E-state index is 10.9. The molecule has 1 aliphatic heterocycles. The van der Waals surface area contributed by atoms with Gasteiger partial charge in [0.15, 0.2) is 0 Å². The molecule has 0 aliphatic carbocycles. The van der Waals surface area contributed by atoms with Crippen LogP contribution in [0.5, 0.6) is 0 Å². The van der Waals surface area contributed by atoms with Crippen LogP contribution in [-0.2, 0) is 0 Å². The fraction of sp³-hybridized carbons (Fsp3) is 0.238. The van der Waals surface area contributed by atoms with E-state index in [0.29, 0.717) is 0 Å². The van der Waals surface area contributed by atoms with Crippen molar-refractivity contribution in [1.82, 2.24) is 0 Å². The lowest BCUT2D eigenvalue weighted by Gasteiger charge is -2.20. The summed E-state index contributed by atoms with van der Waals surface area (Å²) < 4.78 is 0. The number of aliphatic hydroxyl groups excluding tert-OH is 1. The molecule has 0 spiro atoms. The fourth-order valence-electron chi connectivity index (χ4n) is 2.81. The van der Waals surface area contributed by atoms with Crippen LogP contribution >= 0.6 is 27.7 Å². The van der Waals surface area contributed by atoms with E-state index in [4.69, 9.17) is 0 Å². The number of thioether (sulfide) groups is 1. The molecular weight excluding hydrogens is 380 g/mol. The fourth-order valence-corrected chi connectivity index (χ4v) is 4.71. The van der Waals surface area contributed by atoms with E-state index in [1.807, 2.05) is 30.3 Å². The molecule has 0 bridgehead atoms. The molecule has 2 aromatic carbocycles. The van der Waals surface area contributed by atoms with Crippen molar-refractivity contribution in [3.63, 3.8) is 0 Å². The van der Waals surface area contributed by atoms with Gasteiger partial charge in [0, 0.05) is 0 Å². The lowest BCUT2D eigenvalue weighted by molar-refractivity contribution is 0.214. The zero-order chi connectivity index (χ0) is 17.1. The Labute approximate surface area is 156 Å². The summed E-state index contributed by atoms with van der Waals surface area (Å²) >= 11 is 5.33. The Kier molecular flexibility index (Phi) is 5.50. The van der Waals surface area contributed by atoms with Crippen LogP contribution in [0.2, 0.25) is 0 Å². The van der Waals surface area contributed by atoms with Gasteiger partial charge in [-0.2, -0.15) is 0 Å². The minimum absolute atomic E-state index is 0.112. The molecule has 3 rings (SSSR count). The van der Waals surface area contributed by atoms with Gasteiger partial charge in [0.05, 0.1) is 5.25 Å². The average Bonchev–Trinajstić information content (AvgIpc) is 2.73. The normalized spacial score (nSPS) is 21.7. The van der Waals surface area contributed by atoms with Gasteiger partial charge in [0.25, 0.3) is 0 Å². The first-order valence-corrected chi connectivity index (χ1v) is 9.71. The predicted molar refractivity (Wildman–Crippen MR) is 107 cm³/mol. The van der Waals surface area contributed by atoms with Crippen molar-refractivity contribution in [3.05, 3.63) is 70.6 Å². The quantitative estimate of drug-likeness (QED) is 0.539. The van der Waals surface area contributed by atoms with E-state index >= 15 is 0 Å². The van der Waals surface area contributed by atoms with Crippen LogP contribution in [0.3, 0.4) is 0 Å². The summed E-state index contributed by atoms with van der Waals surface area (Å²) in [4.78, 5) is 1.01. The van der Waals surface area contributed by atoms with Crippen molar-refractivity contribution in [2.24, 2.45) is 0 Å². The zero-order valence-corrected chi connectivity index (χ0v) is 16.1. The first-order valence-electron chi connectivity index (χ1n) is 7.92. The number of benzene rings is 2.